The van der Waals surface area contributed by atoms with Crippen LogP contribution >= 0.6 is 0 Å². The Morgan fingerprint density at radius 3 is 2.80 bits per heavy atom. The molecular formula is C15H20N2O3. The number of rotatable bonds is 5. The molecule has 20 heavy (non-hydrogen) atoms. The summed E-state index contributed by atoms with van der Waals surface area (Å²) in [6.07, 6.45) is 0.725. The first-order valence-corrected chi connectivity index (χ1v) is 6.83. The largest absolute Gasteiger partial charge is 0.508 e. The van der Waals surface area contributed by atoms with Gasteiger partial charge in [-0.15, -0.1) is 0 Å². The van der Waals surface area contributed by atoms with E-state index in [0.717, 1.165) is 11.3 Å². The van der Waals surface area contributed by atoms with Gasteiger partial charge in [0.1, 0.15) is 11.9 Å². The molecule has 0 fully saturated rings. The minimum absolute atomic E-state index is 0.00847. The Labute approximate surface area is 118 Å². The smallest absolute Gasteiger partial charge is 0.223 e. The number of phenolic OH excluding ortho intramolecular Hbond substituents is 1. The number of amides is 1. The summed E-state index contributed by atoms with van der Waals surface area (Å²) in [6.45, 7) is 4.79. The zero-order valence-corrected chi connectivity index (χ0v) is 11.8. The van der Waals surface area contributed by atoms with Gasteiger partial charge < -0.3 is 15.3 Å². The van der Waals surface area contributed by atoms with Gasteiger partial charge in [0, 0.05) is 13.0 Å². The maximum atomic E-state index is 11.7. The Balaban J connectivity index is 1.82. The van der Waals surface area contributed by atoms with Gasteiger partial charge in [0.25, 0.3) is 0 Å². The average molecular weight is 276 g/mol. The van der Waals surface area contributed by atoms with Crippen LogP contribution in [0.2, 0.25) is 0 Å². The molecule has 108 valence electrons. The standard InChI is InChI=1S/C15H20N2O3/c1-10(2)9-16-15(19)8-13-7-14(17-20-13)11-3-5-12(18)6-4-11/h3-6,10,13,18H,7-9H2,1-2H3,(H,16,19). The maximum absolute atomic E-state index is 11.7. The van der Waals surface area contributed by atoms with Crippen molar-refractivity contribution in [3.05, 3.63) is 29.8 Å². The molecule has 1 amide bonds. The molecule has 1 aliphatic heterocycles. The lowest BCUT2D eigenvalue weighted by molar-refractivity contribution is -0.123. The molecule has 0 radical (unpaired) electrons. The van der Waals surface area contributed by atoms with E-state index in [-0.39, 0.29) is 17.8 Å². The van der Waals surface area contributed by atoms with Gasteiger partial charge in [-0.2, -0.15) is 0 Å². The molecular weight excluding hydrogens is 256 g/mol. The molecule has 0 spiro atoms. The van der Waals surface area contributed by atoms with Crippen molar-refractivity contribution >= 4 is 11.6 Å². The molecule has 1 heterocycles. The summed E-state index contributed by atoms with van der Waals surface area (Å²) in [5, 5.41) is 16.1. The van der Waals surface area contributed by atoms with Crippen LogP contribution in [0.4, 0.5) is 0 Å². The van der Waals surface area contributed by atoms with Crippen LogP contribution in [0.5, 0.6) is 5.75 Å². The normalized spacial score (nSPS) is 17.8. The first kappa shape index (κ1) is 14.4. The monoisotopic (exact) mass is 276 g/mol. The third-order valence-corrected chi connectivity index (χ3v) is 3.05. The van der Waals surface area contributed by atoms with Crippen molar-refractivity contribution in [2.24, 2.45) is 11.1 Å². The van der Waals surface area contributed by atoms with E-state index in [9.17, 15) is 9.90 Å². The van der Waals surface area contributed by atoms with E-state index in [4.69, 9.17) is 4.84 Å². The zero-order chi connectivity index (χ0) is 14.5. The second kappa shape index (κ2) is 6.41. The van der Waals surface area contributed by atoms with Crippen LogP contribution in [0, 0.1) is 5.92 Å². The summed E-state index contributed by atoms with van der Waals surface area (Å²) in [7, 11) is 0. The van der Waals surface area contributed by atoms with Crippen molar-refractivity contribution in [3.63, 3.8) is 0 Å². The van der Waals surface area contributed by atoms with Gasteiger partial charge in [-0.1, -0.05) is 19.0 Å². The van der Waals surface area contributed by atoms with Crippen molar-refractivity contribution in [2.75, 3.05) is 6.54 Å². The fraction of sp³-hybridized carbons (Fsp3) is 0.467. The van der Waals surface area contributed by atoms with Crippen LogP contribution in [0.3, 0.4) is 0 Å². The Morgan fingerprint density at radius 2 is 2.15 bits per heavy atom. The molecule has 0 saturated carbocycles. The number of aromatic hydroxyl groups is 1. The molecule has 5 heteroatoms. The summed E-state index contributed by atoms with van der Waals surface area (Å²) in [5.41, 5.74) is 1.72. The van der Waals surface area contributed by atoms with Crippen LogP contribution in [0.1, 0.15) is 32.3 Å². The number of hydrogen-bond donors (Lipinski definition) is 2. The SMILES string of the molecule is CC(C)CNC(=O)CC1CC(c2ccc(O)cc2)=NO1. The lowest BCUT2D eigenvalue weighted by Crippen LogP contribution is -2.30. The summed E-state index contributed by atoms with van der Waals surface area (Å²) < 4.78 is 0. The van der Waals surface area contributed by atoms with Crippen LogP contribution < -0.4 is 5.32 Å². The first-order valence-electron chi connectivity index (χ1n) is 6.83. The van der Waals surface area contributed by atoms with Crippen molar-refractivity contribution in [3.8, 4) is 5.75 Å². The number of hydrogen-bond acceptors (Lipinski definition) is 4. The zero-order valence-electron chi connectivity index (χ0n) is 11.8. The minimum Gasteiger partial charge on any atom is -0.508 e. The summed E-state index contributed by atoms with van der Waals surface area (Å²) in [4.78, 5) is 17.0. The highest BCUT2D eigenvalue weighted by Gasteiger charge is 2.24. The average Bonchev–Trinajstić information content (AvgIpc) is 2.85. The van der Waals surface area contributed by atoms with Gasteiger partial charge in [0.15, 0.2) is 0 Å². The van der Waals surface area contributed by atoms with Gasteiger partial charge in [-0.25, -0.2) is 0 Å². The summed E-state index contributed by atoms with van der Waals surface area (Å²) >= 11 is 0. The maximum Gasteiger partial charge on any atom is 0.223 e. The van der Waals surface area contributed by atoms with Crippen molar-refractivity contribution < 1.29 is 14.7 Å². The van der Waals surface area contributed by atoms with E-state index in [0.29, 0.717) is 25.3 Å². The molecule has 1 aromatic rings. The third-order valence-electron chi connectivity index (χ3n) is 3.05. The second-order valence-electron chi connectivity index (χ2n) is 5.42. The van der Waals surface area contributed by atoms with E-state index in [1.165, 1.54) is 0 Å². The van der Waals surface area contributed by atoms with Gasteiger partial charge in [-0.3, -0.25) is 4.79 Å². The number of nitrogens with zero attached hydrogens (tertiary/aromatic N) is 1. The predicted molar refractivity (Wildman–Crippen MR) is 76.6 cm³/mol. The number of carbonyl (C=O) groups is 1. The van der Waals surface area contributed by atoms with E-state index >= 15 is 0 Å². The quantitative estimate of drug-likeness (QED) is 0.864. The molecule has 1 atom stereocenters. The second-order valence-corrected chi connectivity index (χ2v) is 5.42. The fourth-order valence-electron chi connectivity index (χ4n) is 1.96. The van der Waals surface area contributed by atoms with E-state index in [1.54, 1.807) is 24.3 Å². The molecule has 2 rings (SSSR count). The van der Waals surface area contributed by atoms with Crippen LogP contribution in [0.15, 0.2) is 29.4 Å². The molecule has 0 saturated heterocycles. The van der Waals surface area contributed by atoms with E-state index < -0.39 is 0 Å². The van der Waals surface area contributed by atoms with Crippen molar-refractivity contribution in [1.82, 2.24) is 5.32 Å². The number of benzene rings is 1. The molecule has 2 N–H and O–H groups in total. The van der Waals surface area contributed by atoms with Crippen LogP contribution in [-0.4, -0.2) is 29.4 Å². The Hall–Kier alpha value is -2.04. The number of phenols is 1. The molecule has 0 aromatic heterocycles. The van der Waals surface area contributed by atoms with Crippen LogP contribution in [0.25, 0.3) is 0 Å². The number of oxime groups is 1. The molecule has 1 aliphatic rings. The van der Waals surface area contributed by atoms with E-state index in [2.05, 4.69) is 24.3 Å². The predicted octanol–water partition coefficient (Wildman–Crippen LogP) is 2.05. The lowest BCUT2D eigenvalue weighted by Gasteiger charge is -2.10. The third kappa shape index (κ3) is 3.98. The van der Waals surface area contributed by atoms with Gasteiger partial charge in [0.2, 0.25) is 5.91 Å². The lowest BCUT2D eigenvalue weighted by atomic mass is 10.0. The van der Waals surface area contributed by atoms with Crippen molar-refractivity contribution in [2.45, 2.75) is 32.8 Å². The molecule has 0 bridgehead atoms. The highest BCUT2D eigenvalue weighted by atomic mass is 16.6. The van der Waals surface area contributed by atoms with E-state index in [1.807, 2.05) is 0 Å². The highest BCUT2D eigenvalue weighted by Crippen LogP contribution is 2.20. The van der Waals surface area contributed by atoms with Gasteiger partial charge in [-0.05, 0) is 35.7 Å². The molecule has 1 aromatic carbocycles. The molecule has 5 nitrogen and oxygen atoms in total. The minimum atomic E-state index is -0.203. The number of nitrogens with one attached hydrogen (secondary N) is 1. The Kier molecular flexibility index (Phi) is 4.61. The Bertz CT molecular complexity index is 494. The number of carbonyl (C=O) groups excluding carboxylic acids is 1. The summed E-state index contributed by atoms with van der Waals surface area (Å²) in [6, 6.07) is 6.80. The summed E-state index contributed by atoms with van der Waals surface area (Å²) in [5.74, 6) is 0.649. The van der Waals surface area contributed by atoms with Gasteiger partial charge >= 0.3 is 0 Å². The van der Waals surface area contributed by atoms with Gasteiger partial charge in [0.05, 0.1) is 12.1 Å². The Morgan fingerprint density at radius 1 is 1.45 bits per heavy atom. The first-order chi connectivity index (χ1) is 9.54. The van der Waals surface area contributed by atoms with Crippen molar-refractivity contribution in [1.29, 1.82) is 0 Å². The topological polar surface area (TPSA) is 70.9 Å². The fourth-order valence-corrected chi connectivity index (χ4v) is 1.96. The highest BCUT2D eigenvalue weighted by molar-refractivity contribution is 6.01. The molecule has 1 unspecified atom stereocenters. The molecule has 0 aliphatic carbocycles. The van der Waals surface area contributed by atoms with Crippen LogP contribution in [-0.2, 0) is 9.63 Å².